The van der Waals surface area contributed by atoms with Crippen LogP contribution in [0.25, 0.3) is 0 Å². The van der Waals surface area contributed by atoms with Crippen LogP contribution in [0.15, 0.2) is 64.1 Å². The van der Waals surface area contributed by atoms with E-state index < -0.39 is 0 Å². The van der Waals surface area contributed by atoms with Gasteiger partial charge in [0.2, 0.25) is 5.89 Å². The molecule has 8 nitrogen and oxygen atoms in total. The molecule has 3 rings (SSSR count). The van der Waals surface area contributed by atoms with Gasteiger partial charge >= 0.3 is 0 Å². The molecule has 0 fully saturated rings. The Morgan fingerprint density at radius 3 is 2.47 bits per heavy atom. The number of anilines is 1. The molecule has 0 aliphatic heterocycles. The Balaban J connectivity index is 0.00000363. The van der Waals surface area contributed by atoms with Crippen LogP contribution in [0.1, 0.15) is 32.0 Å². The summed E-state index contributed by atoms with van der Waals surface area (Å²) in [6.07, 6.45) is 0.949. The van der Waals surface area contributed by atoms with Gasteiger partial charge in [-0.2, -0.15) is 4.98 Å². The Labute approximate surface area is 205 Å². The lowest BCUT2D eigenvalue weighted by molar-refractivity contribution is 0.242. The van der Waals surface area contributed by atoms with Crippen LogP contribution < -0.4 is 20.1 Å². The molecular weight excluding hydrogens is 521 g/mol. The van der Waals surface area contributed by atoms with E-state index in [1.807, 2.05) is 68.4 Å². The lowest BCUT2D eigenvalue weighted by Gasteiger charge is -2.14. The Morgan fingerprint density at radius 1 is 1.06 bits per heavy atom. The molecule has 172 valence electrons. The molecular formula is C23H30IN5O3. The number of benzene rings is 2. The van der Waals surface area contributed by atoms with Crippen LogP contribution >= 0.6 is 24.0 Å². The first-order chi connectivity index (χ1) is 15.1. The zero-order valence-electron chi connectivity index (χ0n) is 18.6. The van der Waals surface area contributed by atoms with Crippen molar-refractivity contribution in [1.29, 1.82) is 0 Å². The number of aryl methyl sites for hydroxylation is 1. The standard InChI is InChI=1S/C23H29N5O3.HI/c1-17(2)30-21-12-10-19(11-13-21)27-23(25-16-22-26-18(3)28-31-22)24-14-7-15-29-20-8-5-4-6-9-20;/h4-6,8-13,17H,7,14-16H2,1-3H3,(H2,24,25,27);1H. The summed E-state index contributed by atoms with van der Waals surface area (Å²) in [5, 5.41) is 10.4. The molecule has 0 saturated carbocycles. The van der Waals surface area contributed by atoms with Crippen molar-refractivity contribution in [2.24, 2.45) is 4.99 Å². The molecule has 3 aromatic rings. The van der Waals surface area contributed by atoms with Crippen molar-refractivity contribution >= 4 is 35.6 Å². The smallest absolute Gasteiger partial charge is 0.248 e. The normalized spacial score (nSPS) is 11.1. The summed E-state index contributed by atoms with van der Waals surface area (Å²) in [4.78, 5) is 8.75. The number of nitrogens with zero attached hydrogens (tertiary/aromatic N) is 3. The van der Waals surface area contributed by atoms with Gasteiger partial charge in [0.1, 0.15) is 18.0 Å². The Kier molecular flexibility index (Phi) is 10.8. The molecule has 0 aliphatic carbocycles. The van der Waals surface area contributed by atoms with Gasteiger partial charge in [0.15, 0.2) is 11.8 Å². The largest absolute Gasteiger partial charge is 0.494 e. The van der Waals surface area contributed by atoms with Crippen LogP contribution in [-0.4, -0.2) is 35.4 Å². The minimum Gasteiger partial charge on any atom is -0.494 e. The monoisotopic (exact) mass is 551 g/mol. The molecule has 0 spiro atoms. The molecule has 2 aromatic carbocycles. The highest BCUT2D eigenvalue weighted by Crippen LogP contribution is 2.17. The quantitative estimate of drug-likeness (QED) is 0.162. The molecule has 2 N–H and O–H groups in total. The second-order valence-electron chi connectivity index (χ2n) is 7.16. The van der Waals surface area contributed by atoms with Crippen LogP contribution in [0, 0.1) is 6.92 Å². The molecule has 0 unspecified atom stereocenters. The second-order valence-corrected chi connectivity index (χ2v) is 7.16. The van der Waals surface area contributed by atoms with Crippen molar-refractivity contribution in [1.82, 2.24) is 15.5 Å². The summed E-state index contributed by atoms with van der Waals surface area (Å²) >= 11 is 0. The third-order valence-electron chi connectivity index (χ3n) is 4.06. The molecule has 0 aliphatic rings. The van der Waals surface area contributed by atoms with Crippen molar-refractivity contribution in [2.45, 2.75) is 39.8 Å². The number of nitrogens with one attached hydrogen (secondary N) is 2. The van der Waals surface area contributed by atoms with E-state index in [0.717, 1.165) is 23.6 Å². The van der Waals surface area contributed by atoms with Crippen molar-refractivity contribution in [2.75, 3.05) is 18.5 Å². The first-order valence-electron chi connectivity index (χ1n) is 10.4. The summed E-state index contributed by atoms with van der Waals surface area (Å²) < 4.78 is 16.6. The van der Waals surface area contributed by atoms with Gasteiger partial charge in [-0.1, -0.05) is 23.4 Å². The van der Waals surface area contributed by atoms with Crippen molar-refractivity contribution in [3.63, 3.8) is 0 Å². The van der Waals surface area contributed by atoms with Crippen LogP contribution in [-0.2, 0) is 6.54 Å². The van der Waals surface area contributed by atoms with Crippen molar-refractivity contribution < 1.29 is 14.0 Å². The number of aromatic nitrogens is 2. The lowest BCUT2D eigenvalue weighted by Crippen LogP contribution is -2.32. The van der Waals surface area contributed by atoms with E-state index in [4.69, 9.17) is 14.0 Å². The molecule has 0 saturated heterocycles. The van der Waals surface area contributed by atoms with E-state index >= 15 is 0 Å². The summed E-state index contributed by atoms with van der Waals surface area (Å²) in [6.45, 7) is 7.36. The number of ether oxygens (including phenoxy) is 2. The van der Waals surface area contributed by atoms with Gasteiger partial charge in [-0.25, -0.2) is 4.99 Å². The number of guanidine groups is 1. The van der Waals surface area contributed by atoms with Crippen LogP contribution in [0.2, 0.25) is 0 Å². The van der Waals surface area contributed by atoms with E-state index in [1.54, 1.807) is 6.92 Å². The van der Waals surface area contributed by atoms with E-state index in [2.05, 4.69) is 25.8 Å². The molecule has 0 radical (unpaired) electrons. The first-order valence-corrected chi connectivity index (χ1v) is 10.4. The Morgan fingerprint density at radius 2 is 1.81 bits per heavy atom. The predicted octanol–water partition coefficient (Wildman–Crippen LogP) is 4.81. The van der Waals surface area contributed by atoms with Gasteiger partial charge in [0.05, 0.1) is 12.7 Å². The maximum absolute atomic E-state index is 5.74. The van der Waals surface area contributed by atoms with Crippen LogP contribution in [0.3, 0.4) is 0 Å². The molecule has 1 aromatic heterocycles. The minimum absolute atomic E-state index is 0. The van der Waals surface area contributed by atoms with Gasteiger partial charge < -0.3 is 24.6 Å². The molecule has 0 amide bonds. The van der Waals surface area contributed by atoms with E-state index in [9.17, 15) is 0 Å². The van der Waals surface area contributed by atoms with Gasteiger partial charge in [-0.15, -0.1) is 24.0 Å². The second kappa shape index (κ2) is 13.6. The maximum atomic E-state index is 5.74. The summed E-state index contributed by atoms with van der Waals surface area (Å²) in [7, 11) is 0. The fourth-order valence-electron chi connectivity index (χ4n) is 2.70. The summed E-state index contributed by atoms with van der Waals surface area (Å²) in [5.74, 6) is 3.36. The zero-order chi connectivity index (χ0) is 21.9. The number of para-hydroxylation sites is 1. The number of hydrogen-bond donors (Lipinski definition) is 2. The fraction of sp³-hybridized carbons (Fsp3) is 0.348. The summed E-state index contributed by atoms with van der Waals surface area (Å²) in [5.41, 5.74) is 0.893. The van der Waals surface area contributed by atoms with E-state index in [0.29, 0.717) is 30.8 Å². The average molecular weight is 551 g/mol. The van der Waals surface area contributed by atoms with Gasteiger partial charge in [0, 0.05) is 12.2 Å². The van der Waals surface area contributed by atoms with Gasteiger partial charge in [-0.3, -0.25) is 0 Å². The highest BCUT2D eigenvalue weighted by molar-refractivity contribution is 14.0. The predicted molar refractivity (Wildman–Crippen MR) is 136 cm³/mol. The van der Waals surface area contributed by atoms with E-state index in [1.165, 1.54) is 0 Å². The highest BCUT2D eigenvalue weighted by atomic mass is 127. The van der Waals surface area contributed by atoms with Crippen LogP contribution in [0.4, 0.5) is 5.69 Å². The number of halogens is 1. The lowest BCUT2D eigenvalue weighted by atomic mass is 10.3. The SMILES string of the molecule is Cc1noc(CN=C(NCCCOc2ccccc2)Nc2ccc(OC(C)C)cc2)n1.I. The van der Waals surface area contributed by atoms with E-state index in [-0.39, 0.29) is 36.6 Å². The average Bonchev–Trinajstić information content (AvgIpc) is 3.18. The third-order valence-corrected chi connectivity index (χ3v) is 4.06. The van der Waals surface area contributed by atoms with Crippen molar-refractivity contribution in [3.05, 3.63) is 66.3 Å². The molecule has 9 heteroatoms. The Bertz CT molecular complexity index is 946. The number of hydrogen-bond acceptors (Lipinski definition) is 6. The number of rotatable bonds is 10. The topological polar surface area (TPSA) is 93.8 Å². The van der Waals surface area contributed by atoms with Gasteiger partial charge in [0.25, 0.3) is 0 Å². The summed E-state index contributed by atoms with van der Waals surface area (Å²) in [6, 6.07) is 17.5. The third kappa shape index (κ3) is 9.13. The molecule has 32 heavy (non-hydrogen) atoms. The highest BCUT2D eigenvalue weighted by Gasteiger charge is 2.05. The minimum atomic E-state index is 0. The van der Waals surface area contributed by atoms with Gasteiger partial charge in [-0.05, 0) is 63.6 Å². The van der Waals surface area contributed by atoms with Crippen molar-refractivity contribution in [3.8, 4) is 11.5 Å². The molecule has 1 heterocycles. The fourth-order valence-corrected chi connectivity index (χ4v) is 2.70. The molecule has 0 atom stereocenters. The Hall–Kier alpha value is -2.82. The number of aliphatic imine (C=N–C) groups is 1. The molecule has 0 bridgehead atoms. The van der Waals surface area contributed by atoms with Crippen LogP contribution in [0.5, 0.6) is 11.5 Å². The maximum Gasteiger partial charge on any atom is 0.248 e. The zero-order valence-corrected chi connectivity index (χ0v) is 20.9. The first kappa shape index (κ1) is 25.4.